The van der Waals surface area contributed by atoms with E-state index in [1.807, 2.05) is 23.9 Å². The minimum absolute atomic E-state index is 0.115. The number of sulfonamides is 1. The fraction of sp³-hybridized carbons (Fsp3) is 0.381. The molecule has 1 fully saturated rings. The maximum Gasteiger partial charge on any atom is 0.308 e. The molecule has 1 aliphatic carbocycles. The highest BCUT2D eigenvalue weighted by molar-refractivity contribution is 8.00. The molecule has 2 aromatic carbocycles. The first-order chi connectivity index (χ1) is 14.4. The van der Waals surface area contributed by atoms with E-state index in [4.69, 9.17) is 11.6 Å². The van der Waals surface area contributed by atoms with E-state index in [0.717, 1.165) is 28.2 Å². The summed E-state index contributed by atoms with van der Waals surface area (Å²) in [6.45, 7) is 0.827. The molecule has 4 rings (SSSR count). The molecule has 0 saturated heterocycles. The van der Waals surface area contributed by atoms with Crippen LogP contribution in [0, 0.1) is 0 Å². The zero-order chi connectivity index (χ0) is 21.1. The molecule has 1 aromatic heterocycles. The third kappa shape index (κ3) is 5.11. The van der Waals surface area contributed by atoms with Gasteiger partial charge in [-0.25, -0.2) is 13.1 Å². The molecule has 0 spiro atoms. The van der Waals surface area contributed by atoms with Gasteiger partial charge in [0.1, 0.15) is 0 Å². The third-order valence-corrected chi connectivity index (χ3v) is 9.29. The van der Waals surface area contributed by atoms with Crippen molar-refractivity contribution in [1.82, 2.24) is 9.29 Å². The van der Waals surface area contributed by atoms with Crippen LogP contribution in [0.1, 0.15) is 31.2 Å². The van der Waals surface area contributed by atoms with Crippen molar-refractivity contribution in [3.8, 4) is 0 Å². The minimum atomic E-state index is -3.60. The molecule has 3 aromatic rings. The van der Waals surface area contributed by atoms with Crippen molar-refractivity contribution < 1.29 is 8.42 Å². The zero-order valence-corrected chi connectivity index (χ0v) is 19.5. The Kier molecular flexibility index (Phi) is 6.89. The Labute approximate surface area is 189 Å². The maximum atomic E-state index is 12.7. The summed E-state index contributed by atoms with van der Waals surface area (Å²) in [7, 11) is -3.60. The fourth-order valence-electron chi connectivity index (χ4n) is 3.68. The van der Waals surface area contributed by atoms with E-state index >= 15 is 0 Å². The smallest absolute Gasteiger partial charge is 0.294 e. The molecule has 0 unspecified atom stereocenters. The number of nitrogens with zero attached hydrogens (tertiary/aromatic N) is 1. The number of thioether (sulfide) groups is 1. The SMILES string of the molecule is O=c1sc2cc(S(=O)(=O)NCCSC3CCCC3)ccc2n1Cc1ccc(Cl)cc1. The number of fused-ring (bicyclic) bond motifs is 1. The predicted octanol–water partition coefficient (Wildman–Crippen LogP) is 4.72. The highest BCUT2D eigenvalue weighted by Crippen LogP contribution is 2.29. The van der Waals surface area contributed by atoms with Crippen molar-refractivity contribution in [2.75, 3.05) is 12.3 Å². The van der Waals surface area contributed by atoms with Crippen molar-refractivity contribution in [3.63, 3.8) is 0 Å². The van der Waals surface area contributed by atoms with Crippen LogP contribution in [-0.2, 0) is 16.6 Å². The van der Waals surface area contributed by atoms with E-state index in [-0.39, 0.29) is 9.77 Å². The zero-order valence-electron chi connectivity index (χ0n) is 16.3. The largest absolute Gasteiger partial charge is 0.308 e. The predicted molar refractivity (Wildman–Crippen MR) is 127 cm³/mol. The number of aromatic nitrogens is 1. The lowest BCUT2D eigenvalue weighted by molar-refractivity contribution is 0.584. The van der Waals surface area contributed by atoms with Crippen LogP contribution in [0.5, 0.6) is 0 Å². The van der Waals surface area contributed by atoms with Crippen LogP contribution >= 0.6 is 34.7 Å². The molecule has 5 nitrogen and oxygen atoms in total. The first-order valence-corrected chi connectivity index (χ1v) is 13.6. The number of rotatable bonds is 8. The van der Waals surface area contributed by atoms with Gasteiger partial charge in [0.05, 0.1) is 21.7 Å². The van der Waals surface area contributed by atoms with E-state index in [1.165, 1.54) is 25.7 Å². The van der Waals surface area contributed by atoms with Crippen molar-refractivity contribution in [1.29, 1.82) is 0 Å². The highest BCUT2D eigenvalue weighted by Gasteiger charge is 2.18. The summed E-state index contributed by atoms with van der Waals surface area (Å²) in [5.41, 5.74) is 1.69. The Hall–Kier alpha value is -1.32. The van der Waals surface area contributed by atoms with Gasteiger partial charge in [0.2, 0.25) is 10.0 Å². The molecule has 0 amide bonds. The van der Waals surface area contributed by atoms with Crippen LogP contribution in [0.3, 0.4) is 0 Å². The van der Waals surface area contributed by atoms with E-state index < -0.39 is 10.0 Å². The molecule has 1 aliphatic rings. The summed E-state index contributed by atoms with van der Waals surface area (Å²) >= 11 is 8.84. The van der Waals surface area contributed by atoms with Gasteiger partial charge in [0, 0.05) is 22.6 Å². The van der Waals surface area contributed by atoms with Gasteiger partial charge in [-0.3, -0.25) is 9.36 Å². The summed E-state index contributed by atoms with van der Waals surface area (Å²) < 4.78 is 30.4. The Balaban J connectivity index is 1.47. The molecule has 0 aliphatic heterocycles. The molecular formula is C21H23ClN2O3S3. The molecule has 1 N–H and O–H groups in total. The van der Waals surface area contributed by atoms with Crippen molar-refractivity contribution in [2.45, 2.75) is 42.4 Å². The number of thiazole rings is 1. The van der Waals surface area contributed by atoms with Crippen LogP contribution in [0.4, 0.5) is 0 Å². The summed E-state index contributed by atoms with van der Waals surface area (Å²) in [6.07, 6.45) is 5.04. The number of hydrogen-bond acceptors (Lipinski definition) is 5. The molecule has 0 bridgehead atoms. The Morgan fingerprint density at radius 2 is 1.87 bits per heavy atom. The van der Waals surface area contributed by atoms with Gasteiger partial charge < -0.3 is 0 Å². The van der Waals surface area contributed by atoms with E-state index in [0.29, 0.717) is 28.1 Å². The van der Waals surface area contributed by atoms with Crippen LogP contribution in [0.25, 0.3) is 10.2 Å². The molecule has 1 heterocycles. The lowest BCUT2D eigenvalue weighted by atomic mass is 10.2. The molecule has 160 valence electrons. The summed E-state index contributed by atoms with van der Waals surface area (Å²) in [5, 5.41) is 1.31. The Morgan fingerprint density at radius 3 is 2.60 bits per heavy atom. The van der Waals surface area contributed by atoms with E-state index in [9.17, 15) is 13.2 Å². The summed E-state index contributed by atoms with van der Waals surface area (Å²) in [4.78, 5) is 12.6. The van der Waals surface area contributed by atoms with Gasteiger partial charge in [-0.1, -0.05) is 47.9 Å². The molecule has 9 heteroatoms. The Morgan fingerprint density at radius 1 is 1.13 bits per heavy atom. The van der Waals surface area contributed by atoms with E-state index in [2.05, 4.69) is 4.72 Å². The van der Waals surface area contributed by atoms with Gasteiger partial charge in [-0.05, 0) is 48.7 Å². The molecule has 1 saturated carbocycles. The monoisotopic (exact) mass is 482 g/mol. The topological polar surface area (TPSA) is 68.2 Å². The fourth-order valence-corrected chi connectivity index (χ4v) is 7.21. The average Bonchev–Trinajstić information content (AvgIpc) is 3.34. The van der Waals surface area contributed by atoms with Gasteiger partial charge in [0.25, 0.3) is 0 Å². The lowest BCUT2D eigenvalue weighted by Gasteiger charge is -2.10. The molecule has 0 atom stereocenters. The maximum absolute atomic E-state index is 12.7. The summed E-state index contributed by atoms with van der Waals surface area (Å²) in [5.74, 6) is 0.775. The molecular weight excluding hydrogens is 460 g/mol. The number of nitrogens with one attached hydrogen (secondary N) is 1. The normalized spacial score (nSPS) is 15.2. The molecule has 30 heavy (non-hydrogen) atoms. The minimum Gasteiger partial charge on any atom is -0.294 e. The number of benzene rings is 2. The second-order valence-electron chi connectivity index (χ2n) is 7.39. The lowest BCUT2D eigenvalue weighted by Crippen LogP contribution is -2.26. The standard InChI is InChI=1S/C21H23ClN2O3S3/c22-16-7-5-15(6-8-16)14-24-19-10-9-18(13-20(19)29-21(24)25)30(26,27)23-11-12-28-17-3-1-2-4-17/h5-10,13,17,23H,1-4,11-12,14H2. The van der Waals surface area contributed by atoms with Crippen molar-refractivity contribution >= 4 is 54.9 Å². The van der Waals surface area contributed by atoms with Crippen LogP contribution in [-0.4, -0.2) is 30.5 Å². The number of halogens is 1. The van der Waals surface area contributed by atoms with Gasteiger partial charge in [-0.2, -0.15) is 11.8 Å². The average molecular weight is 483 g/mol. The quantitative estimate of drug-likeness (QED) is 0.472. The van der Waals surface area contributed by atoms with Crippen molar-refractivity contribution in [2.24, 2.45) is 0 Å². The Bertz CT molecular complexity index is 1180. The first kappa shape index (κ1) is 21.9. The van der Waals surface area contributed by atoms with Gasteiger partial charge in [0.15, 0.2) is 0 Å². The third-order valence-electron chi connectivity index (χ3n) is 5.25. The van der Waals surface area contributed by atoms with Crippen molar-refractivity contribution in [3.05, 3.63) is 62.7 Å². The number of hydrogen-bond donors (Lipinski definition) is 1. The first-order valence-electron chi connectivity index (χ1n) is 9.91. The van der Waals surface area contributed by atoms with Crippen LogP contribution in [0.15, 0.2) is 52.2 Å². The highest BCUT2D eigenvalue weighted by atomic mass is 35.5. The van der Waals surface area contributed by atoms with Gasteiger partial charge in [-0.15, -0.1) is 0 Å². The molecule has 0 radical (unpaired) electrons. The van der Waals surface area contributed by atoms with Gasteiger partial charge >= 0.3 is 4.87 Å². The summed E-state index contributed by atoms with van der Waals surface area (Å²) in [6, 6.07) is 12.2. The second-order valence-corrected chi connectivity index (χ2v) is 12.0. The second kappa shape index (κ2) is 9.44. The van der Waals surface area contributed by atoms with Crippen LogP contribution in [0.2, 0.25) is 5.02 Å². The van der Waals surface area contributed by atoms with Crippen LogP contribution < -0.4 is 9.60 Å². The van der Waals surface area contributed by atoms with E-state index in [1.54, 1.807) is 34.9 Å².